The second-order valence-corrected chi connectivity index (χ2v) is 9.43. The number of urea groups is 1. The van der Waals surface area contributed by atoms with Gasteiger partial charge in [0.25, 0.3) is 0 Å². The SMILES string of the molecule is O=C(NCCS(=O)(=O)N1CCSCC1)NC1CCC(C(=O)O)CC1. The Morgan fingerprint density at radius 1 is 1.12 bits per heavy atom. The molecule has 2 fully saturated rings. The van der Waals surface area contributed by atoms with Crippen LogP contribution >= 0.6 is 11.8 Å². The van der Waals surface area contributed by atoms with Crippen molar-refractivity contribution in [2.45, 2.75) is 31.7 Å². The maximum atomic E-state index is 12.1. The molecule has 8 nitrogen and oxygen atoms in total. The topological polar surface area (TPSA) is 116 Å². The lowest BCUT2D eigenvalue weighted by molar-refractivity contribution is -0.142. The Kier molecular flexibility index (Phi) is 7.17. The number of carbonyl (C=O) groups is 2. The Hall–Kier alpha value is -1.00. The smallest absolute Gasteiger partial charge is 0.315 e. The van der Waals surface area contributed by atoms with E-state index >= 15 is 0 Å². The number of hydrogen-bond donors (Lipinski definition) is 3. The molecule has 24 heavy (non-hydrogen) atoms. The van der Waals surface area contributed by atoms with Gasteiger partial charge >= 0.3 is 12.0 Å². The first-order valence-corrected chi connectivity index (χ1v) is 11.0. The number of aliphatic carboxylic acids is 1. The largest absolute Gasteiger partial charge is 0.481 e. The van der Waals surface area contributed by atoms with Crippen LogP contribution < -0.4 is 10.6 Å². The van der Waals surface area contributed by atoms with Crippen molar-refractivity contribution in [3.8, 4) is 0 Å². The Morgan fingerprint density at radius 3 is 2.33 bits per heavy atom. The molecule has 1 saturated carbocycles. The van der Waals surface area contributed by atoms with Crippen molar-refractivity contribution in [3.05, 3.63) is 0 Å². The fraction of sp³-hybridized carbons (Fsp3) is 0.857. The molecule has 2 aliphatic rings. The highest BCUT2D eigenvalue weighted by Crippen LogP contribution is 2.24. The van der Waals surface area contributed by atoms with Crippen LogP contribution in [0.4, 0.5) is 4.79 Å². The minimum Gasteiger partial charge on any atom is -0.481 e. The van der Waals surface area contributed by atoms with Crippen molar-refractivity contribution in [2.75, 3.05) is 36.9 Å². The number of nitrogens with one attached hydrogen (secondary N) is 2. The zero-order valence-electron chi connectivity index (χ0n) is 13.6. The van der Waals surface area contributed by atoms with Gasteiger partial charge in [-0.05, 0) is 25.7 Å². The lowest BCUT2D eigenvalue weighted by Gasteiger charge is -2.27. The highest BCUT2D eigenvalue weighted by Gasteiger charge is 2.27. The fourth-order valence-electron chi connectivity index (χ4n) is 2.97. The van der Waals surface area contributed by atoms with Crippen LogP contribution in [0.3, 0.4) is 0 Å². The molecule has 1 aliphatic carbocycles. The van der Waals surface area contributed by atoms with Gasteiger partial charge < -0.3 is 15.7 Å². The van der Waals surface area contributed by atoms with Crippen LogP contribution in [0.5, 0.6) is 0 Å². The number of carboxylic acids is 1. The van der Waals surface area contributed by atoms with Gasteiger partial charge in [0.1, 0.15) is 0 Å². The quantitative estimate of drug-likeness (QED) is 0.612. The Bertz CT molecular complexity index is 541. The third kappa shape index (κ3) is 5.82. The average Bonchev–Trinajstić information content (AvgIpc) is 2.56. The number of nitrogens with zero attached hydrogens (tertiary/aromatic N) is 1. The van der Waals surface area contributed by atoms with E-state index in [4.69, 9.17) is 5.11 Å². The van der Waals surface area contributed by atoms with E-state index in [9.17, 15) is 18.0 Å². The van der Waals surface area contributed by atoms with Gasteiger partial charge in [0, 0.05) is 37.2 Å². The van der Waals surface area contributed by atoms with E-state index in [1.165, 1.54) is 4.31 Å². The summed E-state index contributed by atoms with van der Waals surface area (Å²) in [6.07, 6.45) is 2.38. The summed E-state index contributed by atoms with van der Waals surface area (Å²) in [5.41, 5.74) is 0. The van der Waals surface area contributed by atoms with E-state index in [2.05, 4.69) is 10.6 Å². The number of rotatable bonds is 6. The summed E-state index contributed by atoms with van der Waals surface area (Å²) in [4.78, 5) is 22.7. The van der Waals surface area contributed by atoms with Gasteiger partial charge in [-0.3, -0.25) is 4.79 Å². The molecule has 1 saturated heterocycles. The molecule has 0 bridgehead atoms. The van der Waals surface area contributed by atoms with Crippen LogP contribution in [0, 0.1) is 5.92 Å². The average molecular weight is 380 g/mol. The third-order valence-corrected chi connectivity index (χ3v) is 7.24. The van der Waals surface area contributed by atoms with Crippen LogP contribution in [0.1, 0.15) is 25.7 Å². The highest BCUT2D eigenvalue weighted by atomic mass is 32.2. The first-order chi connectivity index (χ1) is 11.4. The van der Waals surface area contributed by atoms with Crippen molar-refractivity contribution < 1.29 is 23.1 Å². The van der Waals surface area contributed by atoms with Gasteiger partial charge in [-0.25, -0.2) is 17.5 Å². The number of hydrogen-bond acceptors (Lipinski definition) is 5. The van der Waals surface area contributed by atoms with Crippen LogP contribution in [-0.2, 0) is 14.8 Å². The number of sulfonamides is 1. The molecule has 0 radical (unpaired) electrons. The first kappa shape index (κ1) is 19.3. The molecule has 2 rings (SSSR count). The molecule has 10 heteroatoms. The number of carbonyl (C=O) groups excluding carboxylic acids is 1. The molecule has 2 amide bonds. The van der Waals surface area contributed by atoms with Gasteiger partial charge in [0.05, 0.1) is 11.7 Å². The summed E-state index contributed by atoms with van der Waals surface area (Å²) < 4.78 is 25.8. The molecular weight excluding hydrogens is 354 g/mol. The van der Waals surface area contributed by atoms with Gasteiger partial charge in [-0.15, -0.1) is 0 Å². The third-order valence-electron chi connectivity index (χ3n) is 4.42. The molecule has 0 spiro atoms. The van der Waals surface area contributed by atoms with Gasteiger partial charge in [-0.2, -0.15) is 11.8 Å². The van der Waals surface area contributed by atoms with Crippen LogP contribution in [0.15, 0.2) is 0 Å². The second-order valence-electron chi connectivity index (χ2n) is 6.11. The zero-order chi connectivity index (χ0) is 17.6. The van der Waals surface area contributed by atoms with E-state index in [-0.39, 0.29) is 24.3 Å². The lowest BCUT2D eigenvalue weighted by atomic mass is 9.86. The van der Waals surface area contributed by atoms with Crippen molar-refractivity contribution in [3.63, 3.8) is 0 Å². The Morgan fingerprint density at radius 2 is 1.75 bits per heavy atom. The standard InChI is InChI=1S/C14H25N3O5S2/c18-13(19)11-1-3-12(4-2-11)16-14(20)15-5-10-24(21,22)17-6-8-23-9-7-17/h11-12H,1-10H2,(H,18,19)(H2,15,16,20). The van der Waals surface area contributed by atoms with Crippen molar-refractivity contribution in [1.29, 1.82) is 0 Å². The van der Waals surface area contributed by atoms with E-state index < -0.39 is 22.0 Å². The van der Waals surface area contributed by atoms with Gasteiger partial charge in [0.2, 0.25) is 10.0 Å². The minimum atomic E-state index is -3.32. The molecular formula is C14H25N3O5S2. The Labute approximate surface area is 146 Å². The molecule has 3 N–H and O–H groups in total. The van der Waals surface area contributed by atoms with Crippen LogP contribution in [0.25, 0.3) is 0 Å². The monoisotopic (exact) mass is 379 g/mol. The van der Waals surface area contributed by atoms with E-state index in [1.807, 2.05) is 0 Å². The van der Waals surface area contributed by atoms with E-state index in [1.54, 1.807) is 11.8 Å². The summed E-state index contributed by atoms with van der Waals surface area (Å²) in [6.45, 7) is 1.14. The lowest BCUT2D eigenvalue weighted by Crippen LogP contribution is -2.46. The minimum absolute atomic E-state index is 0.0451. The first-order valence-electron chi connectivity index (χ1n) is 8.21. The maximum Gasteiger partial charge on any atom is 0.315 e. The summed E-state index contributed by atoms with van der Waals surface area (Å²) >= 11 is 1.74. The maximum absolute atomic E-state index is 12.1. The zero-order valence-corrected chi connectivity index (χ0v) is 15.2. The van der Waals surface area contributed by atoms with Gasteiger partial charge in [0.15, 0.2) is 0 Å². The van der Waals surface area contributed by atoms with Crippen molar-refractivity contribution >= 4 is 33.8 Å². The predicted octanol–water partition coefficient (Wildman–Crippen LogP) is 0.308. The molecule has 1 aliphatic heterocycles. The number of thioether (sulfide) groups is 1. The van der Waals surface area contributed by atoms with Crippen molar-refractivity contribution in [1.82, 2.24) is 14.9 Å². The Balaban J connectivity index is 1.65. The molecule has 138 valence electrons. The summed E-state index contributed by atoms with van der Waals surface area (Å²) in [6, 6.07) is -0.436. The van der Waals surface area contributed by atoms with Crippen molar-refractivity contribution in [2.24, 2.45) is 5.92 Å². The number of amides is 2. The molecule has 0 unspecified atom stereocenters. The molecule has 0 aromatic rings. The molecule has 0 aromatic heterocycles. The summed E-state index contributed by atoms with van der Waals surface area (Å²) in [5, 5.41) is 14.3. The molecule has 1 heterocycles. The van der Waals surface area contributed by atoms with Gasteiger partial charge in [-0.1, -0.05) is 0 Å². The molecule has 0 atom stereocenters. The normalized spacial score (nSPS) is 25.8. The van der Waals surface area contributed by atoms with E-state index in [0.717, 1.165) is 11.5 Å². The second kappa shape index (κ2) is 8.91. The van der Waals surface area contributed by atoms with E-state index in [0.29, 0.717) is 38.8 Å². The highest BCUT2D eigenvalue weighted by molar-refractivity contribution is 7.99. The van der Waals surface area contributed by atoms with Crippen LogP contribution in [0.2, 0.25) is 0 Å². The van der Waals surface area contributed by atoms with Crippen LogP contribution in [-0.4, -0.2) is 72.8 Å². The predicted molar refractivity (Wildman–Crippen MR) is 92.6 cm³/mol. The number of carboxylic acid groups (broad SMARTS) is 1. The summed E-state index contributed by atoms with van der Waals surface area (Å²) in [7, 11) is -3.32. The fourth-order valence-corrected chi connectivity index (χ4v) is 5.46. The summed E-state index contributed by atoms with van der Waals surface area (Å²) in [5.74, 6) is 0.424. The molecule has 0 aromatic carbocycles.